The molecule has 1 heterocycles. The highest BCUT2D eigenvalue weighted by molar-refractivity contribution is 9.10. The van der Waals surface area contributed by atoms with Gasteiger partial charge in [-0.2, -0.15) is 4.31 Å². The number of carbonyl (C=O) groups is 1. The highest BCUT2D eigenvalue weighted by Gasteiger charge is 2.32. The van der Waals surface area contributed by atoms with Gasteiger partial charge in [-0.3, -0.25) is 4.79 Å². The number of sulfonamides is 1. The van der Waals surface area contributed by atoms with Crippen molar-refractivity contribution in [3.8, 4) is 5.75 Å². The van der Waals surface area contributed by atoms with Gasteiger partial charge in [-0.15, -0.1) is 0 Å². The molecule has 1 fully saturated rings. The molecule has 3 rings (SSSR count). The summed E-state index contributed by atoms with van der Waals surface area (Å²) in [4.78, 5) is 14.4. The zero-order valence-electron chi connectivity index (χ0n) is 14.6. The smallest absolute Gasteiger partial charge is 0.257 e. The Morgan fingerprint density at radius 2 is 1.78 bits per heavy atom. The van der Waals surface area contributed by atoms with Crippen molar-refractivity contribution in [2.75, 3.05) is 33.3 Å². The molecule has 9 heteroatoms. The molecule has 0 N–H and O–H groups in total. The van der Waals surface area contributed by atoms with Gasteiger partial charge in [0.1, 0.15) is 11.6 Å². The molecule has 0 spiro atoms. The summed E-state index contributed by atoms with van der Waals surface area (Å²) in [5, 5.41) is 0. The zero-order chi connectivity index (χ0) is 19.6. The van der Waals surface area contributed by atoms with E-state index >= 15 is 0 Å². The molecule has 0 aliphatic carbocycles. The van der Waals surface area contributed by atoms with Crippen LogP contribution in [0.4, 0.5) is 4.39 Å². The van der Waals surface area contributed by atoms with Crippen molar-refractivity contribution in [1.82, 2.24) is 9.21 Å². The molecule has 27 heavy (non-hydrogen) atoms. The lowest BCUT2D eigenvalue weighted by atomic mass is 10.1. The predicted molar refractivity (Wildman–Crippen MR) is 102 cm³/mol. The van der Waals surface area contributed by atoms with Crippen molar-refractivity contribution in [2.24, 2.45) is 0 Å². The Labute approximate surface area is 165 Å². The molecule has 1 aliphatic rings. The van der Waals surface area contributed by atoms with Crippen molar-refractivity contribution in [3.05, 3.63) is 58.3 Å². The lowest BCUT2D eigenvalue weighted by Gasteiger charge is -2.34. The van der Waals surface area contributed by atoms with Crippen LogP contribution in [0, 0.1) is 5.82 Å². The molecular formula is C18H18BrFN2O4S. The molecule has 0 radical (unpaired) electrons. The van der Waals surface area contributed by atoms with E-state index in [4.69, 9.17) is 4.74 Å². The maximum Gasteiger partial charge on any atom is 0.257 e. The molecule has 6 nitrogen and oxygen atoms in total. The van der Waals surface area contributed by atoms with E-state index in [2.05, 4.69) is 15.9 Å². The number of carbonyl (C=O) groups excluding carboxylic acids is 1. The van der Waals surface area contributed by atoms with Crippen LogP contribution in [0.3, 0.4) is 0 Å². The number of hydrogen-bond donors (Lipinski definition) is 0. The van der Waals surface area contributed by atoms with Crippen LogP contribution in [0.1, 0.15) is 10.4 Å². The Balaban J connectivity index is 1.75. The quantitative estimate of drug-likeness (QED) is 0.709. The fourth-order valence-corrected chi connectivity index (χ4v) is 5.33. The van der Waals surface area contributed by atoms with Crippen LogP contribution in [0.15, 0.2) is 51.8 Å². The standard InChI is InChI=1S/C18H18BrFN2O4S/c1-26-16-7-6-13(20)12-14(16)18(23)21-8-10-22(11-9-21)27(24,25)17-5-3-2-4-15(17)19/h2-7,12H,8-11H2,1H3. The summed E-state index contributed by atoms with van der Waals surface area (Å²) in [5.41, 5.74) is 0.125. The Morgan fingerprint density at radius 3 is 2.41 bits per heavy atom. The van der Waals surface area contributed by atoms with Crippen LogP contribution in [0.2, 0.25) is 0 Å². The lowest BCUT2D eigenvalue weighted by Crippen LogP contribution is -2.50. The maximum atomic E-state index is 13.5. The molecule has 0 unspecified atom stereocenters. The average molecular weight is 457 g/mol. The predicted octanol–water partition coefficient (Wildman–Crippen LogP) is 2.74. The second-order valence-electron chi connectivity index (χ2n) is 5.97. The van der Waals surface area contributed by atoms with Crippen molar-refractivity contribution in [2.45, 2.75) is 4.90 Å². The number of rotatable bonds is 4. The van der Waals surface area contributed by atoms with Gasteiger partial charge < -0.3 is 9.64 Å². The molecule has 2 aromatic rings. The minimum Gasteiger partial charge on any atom is -0.496 e. The van der Waals surface area contributed by atoms with Gasteiger partial charge in [0.25, 0.3) is 5.91 Å². The number of nitrogens with zero attached hydrogens (tertiary/aromatic N) is 2. The van der Waals surface area contributed by atoms with E-state index < -0.39 is 15.8 Å². The number of benzene rings is 2. The maximum absolute atomic E-state index is 13.5. The summed E-state index contributed by atoms with van der Waals surface area (Å²) in [5.74, 6) is -0.636. The second kappa shape index (κ2) is 7.95. The third-order valence-electron chi connectivity index (χ3n) is 4.37. The Kier molecular flexibility index (Phi) is 5.83. The van der Waals surface area contributed by atoms with E-state index in [0.29, 0.717) is 4.47 Å². The summed E-state index contributed by atoms with van der Waals surface area (Å²) < 4.78 is 46.2. The molecule has 144 valence electrons. The summed E-state index contributed by atoms with van der Waals surface area (Å²) in [6, 6.07) is 10.4. The van der Waals surface area contributed by atoms with E-state index in [1.165, 1.54) is 34.5 Å². The van der Waals surface area contributed by atoms with E-state index in [-0.39, 0.29) is 48.3 Å². The normalized spacial score (nSPS) is 15.6. The lowest BCUT2D eigenvalue weighted by molar-refractivity contribution is 0.0694. The molecule has 1 aliphatic heterocycles. The van der Waals surface area contributed by atoms with Crippen LogP contribution in [0.5, 0.6) is 5.75 Å². The zero-order valence-corrected chi connectivity index (χ0v) is 17.0. The molecule has 1 amide bonds. The first-order valence-electron chi connectivity index (χ1n) is 8.22. The molecule has 2 aromatic carbocycles. The third-order valence-corrected chi connectivity index (χ3v) is 7.28. The molecule has 0 saturated carbocycles. The van der Waals surface area contributed by atoms with Gasteiger partial charge >= 0.3 is 0 Å². The van der Waals surface area contributed by atoms with E-state index in [1.54, 1.807) is 18.2 Å². The topological polar surface area (TPSA) is 66.9 Å². The first-order chi connectivity index (χ1) is 12.8. The Hall–Kier alpha value is -1.97. The van der Waals surface area contributed by atoms with Crippen molar-refractivity contribution in [1.29, 1.82) is 0 Å². The van der Waals surface area contributed by atoms with Gasteiger partial charge in [-0.25, -0.2) is 12.8 Å². The Morgan fingerprint density at radius 1 is 1.11 bits per heavy atom. The fourth-order valence-electron chi connectivity index (χ4n) is 2.94. The van der Waals surface area contributed by atoms with E-state index in [0.717, 1.165) is 6.07 Å². The van der Waals surface area contributed by atoms with Crippen LogP contribution >= 0.6 is 15.9 Å². The fraction of sp³-hybridized carbons (Fsp3) is 0.278. The number of ether oxygens (including phenoxy) is 1. The summed E-state index contributed by atoms with van der Waals surface area (Å²) in [7, 11) is -2.25. The van der Waals surface area contributed by atoms with Crippen LogP contribution in [-0.4, -0.2) is 56.8 Å². The monoisotopic (exact) mass is 456 g/mol. The highest BCUT2D eigenvalue weighted by Crippen LogP contribution is 2.26. The van der Waals surface area contributed by atoms with Gasteiger partial charge in [-0.05, 0) is 46.3 Å². The van der Waals surface area contributed by atoms with Gasteiger partial charge in [0.05, 0.1) is 17.6 Å². The van der Waals surface area contributed by atoms with Gasteiger partial charge in [-0.1, -0.05) is 12.1 Å². The average Bonchev–Trinajstić information content (AvgIpc) is 2.67. The van der Waals surface area contributed by atoms with Crippen molar-refractivity contribution in [3.63, 3.8) is 0 Å². The molecule has 1 saturated heterocycles. The third kappa shape index (κ3) is 3.99. The number of amides is 1. The van der Waals surface area contributed by atoms with E-state index in [1.807, 2.05) is 0 Å². The number of piperazine rings is 1. The first-order valence-corrected chi connectivity index (χ1v) is 10.5. The minimum absolute atomic E-state index is 0.125. The second-order valence-corrected chi connectivity index (χ2v) is 8.73. The number of methoxy groups -OCH3 is 1. The largest absolute Gasteiger partial charge is 0.496 e. The Bertz CT molecular complexity index is 960. The summed E-state index contributed by atoms with van der Waals surface area (Å²) >= 11 is 3.27. The van der Waals surface area contributed by atoms with Gasteiger partial charge in [0, 0.05) is 30.7 Å². The SMILES string of the molecule is COc1ccc(F)cc1C(=O)N1CCN(S(=O)(=O)c2ccccc2Br)CC1. The first kappa shape index (κ1) is 19.8. The van der Waals surface area contributed by atoms with Crippen LogP contribution in [0.25, 0.3) is 0 Å². The van der Waals surface area contributed by atoms with Crippen molar-refractivity contribution >= 4 is 31.9 Å². The molecule has 0 bridgehead atoms. The molecule has 0 aromatic heterocycles. The van der Waals surface area contributed by atoms with Gasteiger partial charge in [0.15, 0.2) is 0 Å². The van der Waals surface area contributed by atoms with Crippen molar-refractivity contribution < 1.29 is 22.3 Å². The van der Waals surface area contributed by atoms with Crippen LogP contribution < -0.4 is 4.74 Å². The number of hydrogen-bond acceptors (Lipinski definition) is 4. The summed E-state index contributed by atoms with van der Waals surface area (Å²) in [6.07, 6.45) is 0. The minimum atomic E-state index is -3.66. The summed E-state index contributed by atoms with van der Waals surface area (Å²) in [6.45, 7) is 0.741. The van der Waals surface area contributed by atoms with Crippen LogP contribution in [-0.2, 0) is 10.0 Å². The highest BCUT2D eigenvalue weighted by atomic mass is 79.9. The molecule has 0 atom stereocenters. The molecular weight excluding hydrogens is 439 g/mol. The number of halogens is 2. The van der Waals surface area contributed by atoms with Gasteiger partial charge in [0.2, 0.25) is 10.0 Å². The van der Waals surface area contributed by atoms with E-state index in [9.17, 15) is 17.6 Å².